The van der Waals surface area contributed by atoms with Gasteiger partial charge in [0.1, 0.15) is 0 Å². The maximum atomic E-state index is 13.1. The van der Waals surface area contributed by atoms with Crippen LogP contribution in [0.15, 0.2) is 59.9 Å². The minimum atomic E-state index is -5.33. The molecule has 0 saturated heterocycles. The lowest BCUT2D eigenvalue weighted by molar-refractivity contribution is 0.0954. The first-order valence-corrected chi connectivity index (χ1v) is 10.2. The van der Waals surface area contributed by atoms with E-state index in [0.29, 0.717) is 11.3 Å². The van der Waals surface area contributed by atoms with Crippen molar-refractivity contribution in [1.82, 2.24) is 14.8 Å². The van der Waals surface area contributed by atoms with Crippen LogP contribution in [0.2, 0.25) is 0 Å². The van der Waals surface area contributed by atoms with Crippen LogP contribution < -0.4 is 10.2 Å². The number of amides is 2. The number of halogens is 3. The first kappa shape index (κ1) is 20.0. The lowest BCUT2D eigenvalue weighted by Gasteiger charge is -2.32. The van der Waals surface area contributed by atoms with Gasteiger partial charge in [-0.1, -0.05) is 0 Å². The smallest absolute Gasteiger partial charge is 0.278 e. The van der Waals surface area contributed by atoms with Crippen molar-refractivity contribution in [2.24, 2.45) is 0 Å². The predicted octanol–water partition coefficient (Wildman–Crippen LogP) is 4.57. The van der Waals surface area contributed by atoms with Crippen LogP contribution in [0.3, 0.4) is 0 Å². The molecule has 30 heavy (non-hydrogen) atoms. The van der Waals surface area contributed by atoms with Gasteiger partial charge >= 0.3 is 0 Å². The maximum absolute atomic E-state index is 13.1. The number of nitrogens with zero attached hydrogens (tertiary/aromatic N) is 4. The van der Waals surface area contributed by atoms with Gasteiger partial charge in [-0.3, -0.25) is 19.3 Å². The molecule has 1 N–H and O–H groups in total. The van der Waals surface area contributed by atoms with Gasteiger partial charge in [-0.05, 0) is 43.3 Å². The molecule has 1 atom stereocenters. The summed E-state index contributed by atoms with van der Waals surface area (Å²) in [6.45, 7) is 2.07. The second kappa shape index (κ2) is 7.48. The lowest BCUT2D eigenvalue weighted by Crippen LogP contribution is -2.43. The largest absolute Gasteiger partial charge is 0.319 e. The van der Waals surface area contributed by atoms with Gasteiger partial charge in [0.25, 0.3) is 11.8 Å². The van der Waals surface area contributed by atoms with Crippen LogP contribution in [0.5, 0.6) is 0 Å². The average Bonchev–Trinajstić information content (AvgIpc) is 3.15. The summed E-state index contributed by atoms with van der Waals surface area (Å²) in [4.78, 5) is 30.1. The highest BCUT2D eigenvalue weighted by atomic mass is 32.3. The van der Waals surface area contributed by atoms with E-state index in [1.165, 1.54) is 40.3 Å². The van der Waals surface area contributed by atoms with Crippen LogP contribution in [-0.4, -0.2) is 33.1 Å². The fraction of sp³-hybridized carbons (Fsp3) is 0.158. The van der Waals surface area contributed by atoms with Crippen molar-refractivity contribution < 1.29 is 21.2 Å². The molecule has 156 valence electrons. The van der Waals surface area contributed by atoms with Crippen molar-refractivity contribution in [2.75, 3.05) is 16.8 Å². The molecule has 0 unspecified atom stereocenters. The van der Waals surface area contributed by atoms with E-state index in [4.69, 9.17) is 0 Å². The van der Waals surface area contributed by atoms with E-state index in [-0.39, 0.29) is 24.0 Å². The molecule has 0 radical (unpaired) electrons. The molecular formula is C19H16F3N5O2S. The highest BCUT2D eigenvalue weighted by molar-refractivity contribution is 8.20. The Morgan fingerprint density at radius 1 is 1.17 bits per heavy atom. The van der Waals surface area contributed by atoms with Crippen molar-refractivity contribution in [3.8, 4) is 0 Å². The zero-order valence-electron chi connectivity index (χ0n) is 15.6. The molecular weight excluding hydrogens is 419 g/mol. The first-order valence-electron chi connectivity index (χ1n) is 8.88. The Bertz CT molecular complexity index is 1100. The fourth-order valence-corrected chi connectivity index (χ4v) is 3.69. The molecule has 2 aromatic heterocycles. The molecule has 1 aromatic carbocycles. The second-order valence-electron chi connectivity index (χ2n) is 6.71. The summed E-state index contributed by atoms with van der Waals surface area (Å²) in [6, 6.07) is 7.46. The minimum absolute atomic E-state index is 0.163. The van der Waals surface area contributed by atoms with Crippen LogP contribution in [0.1, 0.15) is 33.8 Å². The number of benzene rings is 1. The molecule has 1 aliphatic heterocycles. The quantitative estimate of drug-likeness (QED) is 0.651. The summed E-state index contributed by atoms with van der Waals surface area (Å²) in [5, 5.41) is 6.87. The summed E-state index contributed by atoms with van der Waals surface area (Å²) in [5.41, 5.74) is 1.05. The zero-order valence-corrected chi connectivity index (χ0v) is 16.4. The van der Waals surface area contributed by atoms with Crippen molar-refractivity contribution in [3.05, 3.63) is 66.2 Å². The predicted molar refractivity (Wildman–Crippen MR) is 106 cm³/mol. The summed E-state index contributed by atoms with van der Waals surface area (Å²) in [7, 11) is 0. The number of hydrogen-bond donors (Lipinski definition) is 1. The van der Waals surface area contributed by atoms with E-state index in [9.17, 15) is 21.2 Å². The van der Waals surface area contributed by atoms with Crippen LogP contribution in [0.25, 0.3) is 0 Å². The second-order valence-corrected chi connectivity index (χ2v) is 8.00. The molecule has 0 saturated carbocycles. The Hall–Kier alpha value is -3.34. The van der Waals surface area contributed by atoms with Crippen molar-refractivity contribution in [2.45, 2.75) is 17.9 Å². The standard InChI is InChI=1S/C19H16F3N5O2S/c1-12-11-26(14-4-6-15(7-5-14)30(20,21)22)19(29)17-16(10-24-27(12)17)25-18(28)13-3-2-8-23-9-13/h2-10,12H,11H2,1H3,(H,25,28)/t12-/m0/s1. The highest BCUT2D eigenvalue weighted by Crippen LogP contribution is 2.60. The Labute approximate surface area is 171 Å². The number of nitrogens with one attached hydrogen (secondary N) is 1. The number of aromatic nitrogens is 3. The Morgan fingerprint density at radius 3 is 2.53 bits per heavy atom. The number of anilines is 2. The van der Waals surface area contributed by atoms with Crippen LogP contribution in [0, 0.1) is 0 Å². The molecule has 3 heterocycles. The van der Waals surface area contributed by atoms with E-state index >= 15 is 0 Å². The number of carbonyl (C=O) groups is 2. The van der Waals surface area contributed by atoms with Crippen LogP contribution >= 0.6 is 11.2 Å². The van der Waals surface area contributed by atoms with E-state index in [0.717, 1.165) is 12.1 Å². The van der Waals surface area contributed by atoms with Crippen molar-refractivity contribution in [1.29, 1.82) is 0 Å². The van der Waals surface area contributed by atoms with E-state index in [2.05, 4.69) is 15.4 Å². The van der Waals surface area contributed by atoms with Crippen LogP contribution in [-0.2, 0) is 0 Å². The maximum Gasteiger partial charge on any atom is 0.278 e. The van der Waals surface area contributed by atoms with Crippen molar-refractivity contribution >= 4 is 34.4 Å². The zero-order chi connectivity index (χ0) is 21.5. The monoisotopic (exact) mass is 435 g/mol. The van der Waals surface area contributed by atoms with Gasteiger partial charge in [-0.15, -0.1) is 11.7 Å². The van der Waals surface area contributed by atoms with E-state index in [1.54, 1.807) is 12.1 Å². The third-order valence-electron chi connectivity index (χ3n) is 4.70. The SMILES string of the molecule is C[C@H]1CN(c2ccc(S(F)(F)F)cc2)C(=O)c2c(NC(=O)c3cccnc3)cnn21. The molecule has 11 heteroatoms. The Balaban J connectivity index is 1.63. The molecule has 0 aliphatic carbocycles. The summed E-state index contributed by atoms with van der Waals surface area (Å²) in [5.74, 6) is -0.909. The summed E-state index contributed by atoms with van der Waals surface area (Å²) >= 11 is -5.33. The fourth-order valence-electron chi connectivity index (χ4n) is 3.25. The van der Waals surface area contributed by atoms with Gasteiger partial charge < -0.3 is 10.2 Å². The molecule has 0 spiro atoms. The molecule has 1 aliphatic rings. The normalized spacial score (nSPS) is 16.9. The first-order chi connectivity index (χ1) is 14.3. The van der Waals surface area contributed by atoms with Gasteiger partial charge in [0.15, 0.2) is 5.69 Å². The lowest BCUT2D eigenvalue weighted by atomic mass is 10.1. The molecule has 7 nitrogen and oxygen atoms in total. The summed E-state index contributed by atoms with van der Waals surface area (Å²) in [6.07, 6.45) is 4.32. The van der Waals surface area contributed by atoms with E-state index < -0.39 is 27.9 Å². The molecule has 0 bridgehead atoms. The van der Waals surface area contributed by atoms with Crippen molar-refractivity contribution in [3.63, 3.8) is 0 Å². The topological polar surface area (TPSA) is 80.1 Å². The van der Waals surface area contributed by atoms with Gasteiger partial charge in [-0.2, -0.15) is 5.10 Å². The number of rotatable bonds is 4. The van der Waals surface area contributed by atoms with Gasteiger partial charge in [0, 0.05) is 24.6 Å². The molecule has 3 aromatic rings. The van der Waals surface area contributed by atoms with Gasteiger partial charge in [-0.25, -0.2) is 0 Å². The van der Waals surface area contributed by atoms with E-state index in [1.807, 2.05) is 6.92 Å². The van der Waals surface area contributed by atoms with Gasteiger partial charge in [0.05, 0.1) is 28.4 Å². The third kappa shape index (κ3) is 3.63. The number of pyridine rings is 1. The highest BCUT2D eigenvalue weighted by Gasteiger charge is 2.34. The van der Waals surface area contributed by atoms with Crippen LogP contribution in [0.4, 0.5) is 23.0 Å². The molecule has 2 amide bonds. The third-order valence-corrected chi connectivity index (χ3v) is 5.50. The molecule has 0 fully saturated rings. The average molecular weight is 435 g/mol. The number of hydrogen-bond acceptors (Lipinski definition) is 4. The molecule has 4 rings (SSSR count). The number of carbonyl (C=O) groups excluding carboxylic acids is 2. The Kier molecular flexibility index (Phi) is 4.98. The van der Waals surface area contributed by atoms with Gasteiger partial charge in [0.2, 0.25) is 11.2 Å². The Morgan fingerprint density at radius 2 is 1.90 bits per heavy atom. The summed E-state index contributed by atoms with van der Waals surface area (Å²) < 4.78 is 40.3. The number of fused-ring (bicyclic) bond motifs is 1. The minimum Gasteiger partial charge on any atom is -0.319 e.